The van der Waals surface area contributed by atoms with Gasteiger partial charge in [-0.3, -0.25) is 9.59 Å². The third-order valence-corrected chi connectivity index (χ3v) is 4.77. The topological polar surface area (TPSA) is 34.1 Å². The molecule has 0 amide bonds. The van der Waals surface area contributed by atoms with E-state index in [2.05, 4.69) is 0 Å². The molecule has 0 saturated carbocycles. The molecule has 0 atom stereocenters. The molecule has 0 aliphatic rings. The van der Waals surface area contributed by atoms with Gasteiger partial charge in [-0.05, 0) is 11.1 Å². The average molecular weight is 383 g/mol. The Morgan fingerprint density at radius 1 is 0.500 bits per heavy atom. The summed E-state index contributed by atoms with van der Waals surface area (Å²) in [4.78, 5) is 25.1. The van der Waals surface area contributed by atoms with E-state index in [0.29, 0.717) is 34.0 Å². The Morgan fingerprint density at radius 3 is 0.962 bits per heavy atom. The number of carbonyl (C=O) groups excluding carboxylic acids is 2. The lowest BCUT2D eigenvalue weighted by molar-refractivity contribution is 0.102. The smallest absolute Gasteiger partial charge is 0.193 e. The van der Waals surface area contributed by atoms with Crippen molar-refractivity contribution in [2.24, 2.45) is 0 Å². The monoisotopic (exact) mass is 382 g/mol. The minimum Gasteiger partial charge on any atom is -0.289 e. The Balaban J connectivity index is 1.78. The third kappa shape index (κ3) is 4.04. The Labute approximate surface area is 162 Å². The van der Waals surface area contributed by atoms with Crippen molar-refractivity contribution < 1.29 is 9.59 Å². The van der Waals surface area contributed by atoms with E-state index in [1.165, 1.54) is 0 Å². The predicted molar refractivity (Wildman–Crippen MR) is 105 cm³/mol. The first-order valence-corrected chi connectivity index (χ1v) is 9.18. The van der Waals surface area contributed by atoms with Crippen LogP contribution < -0.4 is 0 Å². The van der Waals surface area contributed by atoms with Gasteiger partial charge in [-0.2, -0.15) is 0 Å². The van der Waals surface area contributed by atoms with Gasteiger partial charge in [-0.25, -0.2) is 0 Å². The number of carbonyl (C=O) groups is 2. The molecule has 0 heterocycles. The highest BCUT2D eigenvalue weighted by Crippen LogP contribution is 2.16. The molecule has 2 nitrogen and oxygen atoms in total. The number of alkyl halides is 2. The summed E-state index contributed by atoms with van der Waals surface area (Å²) in [7, 11) is 0. The van der Waals surface area contributed by atoms with E-state index in [1.54, 1.807) is 48.5 Å². The highest BCUT2D eigenvalue weighted by atomic mass is 35.5. The Bertz CT molecular complexity index is 833. The largest absolute Gasteiger partial charge is 0.289 e. The number of halogens is 2. The van der Waals surface area contributed by atoms with Crippen molar-refractivity contribution >= 4 is 34.8 Å². The van der Waals surface area contributed by atoms with Crippen LogP contribution in [0.1, 0.15) is 43.0 Å². The summed E-state index contributed by atoms with van der Waals surface area (Å²) in [5.41, 5.74) is 4.19. The molecule has 3 rings (SSSR count). The highest BCUT2D eigenvalue weighted by Gasteiger charge is 2.12. The maximum atomic E-state index is 12.5. The zero-order valence-corrected chi connectivity index (χ0v) is 15.4. The minimum absolute atomic E-state index is 0.0865. The first kappa shape index (κ1) is 18.4. The van der Waals surface area contributed by atoms with Crippen LogP contribution in [0.25, 0.3) is 0 Å². The molecule has 0 spiro atoms. The highest BCUT2D eigenvalue weighted by molar-refractivity contribution is 6.17. The van der Waals surface area contributed by atoms with Crippen molar-refractivity contribution in [2.75, 3.05) is 0 Å². The molecule has 0 bridgehead atoms. The first-order valence-electron chi connectivity index (χ1n) is 8.11. The van der Waals surface area contributed by atoms with E-state index in [1.807, 2.05) is 24.3 Å². The van der Waals surface area contributed by atoms with Crippen LogP contribution in [0.5, 0.6) is 0 Å². The molecule has 130 valence electrons. The van der Waals surface area contributed by atoms with Gasteiger partial charge >= 0.3 is 0 Å². The number of rotatable bonds is 6. The number of hydrogen-bond donors (Lipinski definition) is 0. The minimum atomic E-state index is -0.0865. The SMILES string of the molecule is O=C(c1ccc(CCl)cc1)c1ccc(C(=O)c2ccc(CCl)cc2)cc1. The number of ketones is 2. The van der Waals surface area contributed by atoms with Crippen molar-refractivity contribution in [1.29, 1.82) is 0 Å². The predicted octanol–water partition coefficient (Wildman–Crippen LogP) is 5.63. The molecule has 0 saturated heterocycles. The molecule has 26 heavy (non-hydrogen) atoms. The lowest BCUT2D eigenvalue weighted by atomic mass is 9.98. The molecule has 4 heteroatoms. The van der Waals surface area contributed by atoms with Gasteiger partial charge < -0.3 is 0 Å². The normalized spacial score (nSPS) is 10.5. The number of benzene rings is 3. The molecular weight excluding hydrogens is 367 g/mol. The van der Waals surface area contributed by atoms with Crippen LogP contribution in [0.3, 0.4) is 0 Å². The molecule has 0 aliphatic carbocycles. The van der Waals surface area contributed by atoms with Gasteiger partial charge in [0, 0.05) is 34.0 Å². The summed E-state index contributed by atoms with van der Waals surface area (Å²) < 4.78 is 0. The lowest BCUT2D eigenvalue weighted by Crippen LogP contribution is -2.04. The fourth-order valence-corrected chi connectivity index (χ4v) is 2.95. The van der Waals surface area contributed by atoms with Crippen molar-refractivity contribution in [1.82, 2.24) is 0 Å². The van der Waals surface area contributed by atoms with E-state index in [0.717, 1.165) is 11.1 Å². The van der Waals surface area contributed by atoms with E-state index in [4.69, 9.17) is 23.2 Å². The molecule has 3 aromatic rings. The van der Waals surface area contributed by atoms with E-state index < -0.39 is 0 Å². The Hall–Kier alpha value is -2.42. The van der Waals surface area contributed by atoms with Crippen LogP contribution in [0.2, 0.25) is 0 Å². The van der Waals surface area contributed by atoms with Gasteiger partial charge in [0.05, 0.1) is 0 Å². The molecular formula is C22H16Cl2O2. The van der Waals surface area contributed by atoms with E-state index >= 15 is 0 Å². The Morgan fingerprint density at radius 2 is 0.731 bits per heavy atom. The molecule has 0 unspecified atom stereocenters. The second-order valence-electron chi connectivity index (χ2n) is 5.90. The average Bonchev–Trinajstić information content (AvgIpc) is 2.73. The molecule has 0 aromatic heterocycles. The third-order valence-electron chi connectivity index (χ3n) is 4.15. The van der Waals surface area contributed by atoms with Crippen LogP contribution in [0.15, 0.2) is 72.8 Å². The van der Waals surface area contributed by atoms with Crippen molar-refractivity contribution in [3.05, 3.63) is 106 Å². The van der Waals surface area contributed by atoms with E-state index in [9.17, 15) is 9.59 Å². The van der Waals surface area contributed by atoms with Gasteiger partial charge in [0.1, 0.15) is 0 Å². The zero-order valence-electron chi connectivity index (χ0n) is 13.9. The maximum absolute atomic E-state index is 12.5. The van der Waals surface area contributed by atoms with Gasteiger partial charge in [0.2, 0.25) is 0 Å². The van der Waals surface area contributed by atoms with Gasteiger partial charge in [-0.15, -0.1) is 23.2 Å². The van der Waals surface area contributed by atoms with E-state index in [-0.39, 0.29) is 11.6 Å². The summed E-state index contributed by atoms with van der Waals surface area (Å²) >= 11 is 11.5. The van der Waals surface area contributed by atoms with Crippen LogP contribution in [-0.4, -0.2) is 11.6 Å². The molecule has 0 aliphatic heterocycles. The Kier molecular flexibility index (Phi) is 5.87. The van der Waals surface area contributed by atoms with Crippen LogP contribution in [0.4, 0.5) is 0 Å². The number of hydrogen-bond acceptors (Lipinski definition) is 2. The lowest BCUT2D eigenvalue weighted by Gasteiger charge is -2.05. The second-order valence-corrected chi connectivity index (χ2v) is 6.43. The molecule has 3 aromatic carbocycles. The fraction of sp³-hybridized carbons (Fsp3) is 0.0909. The quantitative estimate of drug-likeness (QED) is 0.409. The summed E-state index contributed by atoms with van der Waals surface area (Å²) in [6, 6.07) is 21.1. The summed E-state index contributed by atoms with van der Waals surface area (Å²) in [6.45, 7) is 0. The first-order chi connectivity index (χ1) is 12.6. The van der Waals surface area contributed by atoms with Crippen LogP contribution in [0, 0.1) is 0 Å². The van der Waals surface area contributed by atoms with Crippen molar-refractivity contribution in [2.45, 2.75) is 11.8 Å². The second kappa shape index (κ2) is 8.31. The van der Waals surface area contributed by atoms with Crippen LogP contribution >= 0.6 is 23.2 Å². The zero-order chi connectivity index (χ0) is 18.5. The maximum Gasteiger partial charge on any atom is 0.193 e. The summed E-state index contributed by atoms with van der Waals surface area (Å²) in [5.74, 6) is 0.655. The summed E-state index contributed by atoms with van der Waals surface area (Å²) in [5, 5.41) is 0. The molecule has 0 fully saturated rings. The van der Waals surface area contributed by atoms with Gasteiger partial charge in [0.15, 0.2) is 11.6 Å². The molecule has 0 radical (unpaired) electrons. The van der Waals surface area contributed by atoms with Gasteiger partial charge in [0.25, 0.3) is 0 Å². The van der Waals surface area contributed by atoms with Crippen molar-refractivity contribution in [3.63, 3.8) is 0 Å². The van der Waals surface area contributed by atoms with Gasteiger partial charge in [-0.1, -0.05) is 72.8 Å². The van der Waals surface area contributed by atoms with Crippen LogP contribution in [-0.2, 0) is 11.8 Å². The molecule has 0 N–H and O–H groups in total. The van der Waals surface area contributed by atoms with Crippen molar-refractivity contribution in [3.8, 4) is 0 Å². The fourth-order valence-electron chi connectivity index (χ4n) is 2.60. The standard InChI is InChI=1S/C22H16Cl2O2/c23-13-15-1-5-17(6-2-15)21(25)19-9-11-20(12-10-19)22(26)18-7-3-16(14-24)4-8-18/h1-12H,13-14H2. The summed E-state index contributed by atoms with van der Waals surface area (Å²) in [6.07, 6.45) is 0.